The molecule has 0 saturated carbocycles. The topological polar surface area (TPSA) is 49.3 Å². The molecule has 5 nitrogen and oxygen atoms in total. The van der Waals surface area contributed by atoms with Crippen LogP contribution in [0.1, 0.15) is 5.69 Å². The third-order valence-corrected chi connectivity index (χ3v) is 4.77. The Morgan fingerprint density at radius 1 is 1.17 bits per heavy atom. The Labute approximate surface area is 144 Å². The van der Waals surface area contributed by atoms with Crippen LogP contribution in [0.5, 0.6) is 0 Å². The van der Waals surface area contributed by atoms with Gasteiger partial charge < -0.3 is 9.80 Å². The first-order valence-electron chi connectivity index (χ1n) is 7.82. The molecule has 0 unspecified atom stereocenters. The third kappa shape index (κ3) is 4.23. The first-order valence-corrected chi connectivity index (χ1v) is 8.81. The molecule has 1 saturated heterocycles. The molecule has 1 aliphatic rings. The highest BCUT2D eigenvalue weighted by Gasteiger charge is 2.21. The van der Waals surface area contributed by atoms with E-state index in [0.717, 1.165) is 24.5 Å². The normalized spacial score (nSPS) is 14.8. The number of hydrogen-bond donors (Lipinski definition) is 0. The average molecular weight is 346 g/mol. The lowest BCUT2D eigenvalue weighted by atomic mass is 10.2. The van der Waals surface area contributed by atoms with Gasteiger partial charge in [0.15, 0.2) is 5.16 Å². The van der Waals surface area contributed by atoms with E-state index in [9.17, 15) is 9.18 Å². The summed E-state index contributed by atoms with van der Waals surface area (Å²) in [4.78, 5) is 24.8. The molecular weight excluding hydrogens is 327 g/mol. The minimum atomic E-state index is -0.233. The van der Waals surface area contributed by atoms with Gasteiger partial charge in [0.2, 0.25) is 5.91 Å². The smallest absolute Gasteiger partial charge is 0.233 e. The molecule has 7 heteroatoms. The average Bonchev–Trinajstić information content (AvgIpc) is 2.61. The summed E-state index contributed by atoms with van der Waals surface area (Å²) in [6.45, 7) is 4.76. The second-order valence-electron chi connectivity index (χ2n) is 5.61. The number of aryl methyl sites for hydroxylation is 1. The number of aromatic nitrogens is 2. The van der Waals surface area contributed by atoms with Gasteiger partial charge in [0, 0.05) is 43.8 Å². The molecular formula is C17H19FN4OS. The molecule has 0 aliphatic carbocycles. The molecule has 2 heterocycles. The zero-order chi connectivity index (χ0) is 16.9. The van der Waals surface area contributed by atoms with Crippen molar-refractivity contribution in [2.45, 2.75) is 12.1 Å². The molecule has 0 radical (unpaired) electrons. The lowest BCUT2D eigenvalue weighted by molar-refractivity contribution is -0.128. The number of piperazine rings is 1. The molecule has 24 heavy (non-hydrogen) atoms. The van der Waals surface area contributed by atoms with Crippen molar-refractivity contribution < 1.29 is 9.18 Å². The van der Waals surface area contributed by atoms with E-state index in [1.165, 1.54) is 23.9 Å². The van der Waals surface area contributed by atoms with Crippen molar-refractivity contribution in [2.75, 3.05) is 36.8 Å². The summed E-state index contributed by atoms with van der Waals surface area (Å²) in [5.74, 6) is 0.215. The van der Waals surface area contributed by atoms with Crippen molar-refractivity contribution >= 4 is 23.4 Å². The van der Waals surface area contributed by atoms with Gasteiger partial charge in [0.1, 0.15) is 5.82 Å². The number of carbonyl (C=O) groups is 1. The molecule has 1 aliphatic heterocycles. The molecule has 126 valence electrons. The van der Waals surface area contributed by atoms with Crippen LogP contribution in [-0.2, 0) is 4.79 Å². The number of amides is 1. The predicted octanol–water partition coefficient (Wildman–Crippen LogP) is 2.37. The van der Waals surface area contributed by atoms with Crippen molar-refractivity contribution in [2.24, 2.45) is 0 Å². The van der Waals surface area contributed by atoms with E-state index < -0.39 is 0 Å². The fraction of sp³-hybridized carbons (Fsp3) is 0.353. The fourth-order valence-corrected chi connectivity index (χ4v) is 3.36. The number of rotatable bonds is 4. The van der Waals surface area contributed by atoms with Gasteiger partial charge in [-0.1, -0.05) is 11.8 Å². The Balaban J connectivity index is 1.49. The number of nitrogens with zero attached hydrogens (tertiary/aromatic N) is 4. The molecule has 1 fully saturated rings. The first kappa shape index (κ1) is 16.7. The number of thioether (sulfide) groups is 1. The van der Waals surface area contributed by atoms with Gasteiger partial charge in [-0.05, 0) is 37.3 Å². The standard InChI is InChI=1S/C17H19FN4OS/c1-13-6-7-19-17(20-13)24-12-16(23)22-10-8-21(9-11-22)15-4-2-14(18)3-5-15/h2-7H,8-12H2,1H3. The number of hydrogen-bond acceptors (Lipinski definition) is 5. The maximum Gasteiger partial charge on any atom is 0.233 e. The summed E-state index contributed by atoms with van der Waals surface area (Å²) in [5.41, 5.74) is 1.89. The Morgan fingerprint density at radius 2 is 1.88 bits per heavy atom. The van der Waals surface area contributed by atoms with Gasteiger partial charge in [-0.2, -0.15) is 0 Å². The summed E-state index contributed by atoms with van der Waals surface area (Å²) in [6.07, 6.45) is 1.70. The molecule has 1 aromatic carbocycles. The van der Waals surface area contributed by atoms with Crippen molar-refractivity contribution in [3.8, 4) is 0 Å². The summed E-state index contributed by atoms with van der Waals surface area (Å²) >= 11 is 1.37. The van der Waals surface area contributed by atoms with Gasteiger partial charge in [0.25, 0.3) is 0 Å². The van der Waals surface area contributed by atoms with Crippen LogP contribution in [-0.4, -0.2) is 52.7 Å². The molecule has 0 atom stereocenters. The minimum absolute atomic E-state index is 0.101. The largest absolute Gasteiger partial charge is 0.368 e. The van der Waals surface area contributed by atoms with Crippen LogP contribution in [0.4, 0.5) is 10.1 Å². The summed E-state index contributed by atoms with van der Waals surface area (Å²) < 4.78 is 13.0. The monoisotopic (exact) mass is 346 g/mol. The van der Waals surface area contributed by atoms with Crippen molar-refractivity contribution in [1.82, 2.24) is 14.9 Å². The SMILES string of the molecule is Cc1ccnc(SCC(=O)N2CCN(c3ccc(F)cc3)CC2)n1. The Bertz CT molecular complexity index is 702. The van der Waals surface area contributed by atoms with Gasteiger partial charge >= 0.3 is 0 Å². The van der Waals surface area contributed by atoms with E-state index in [0.29, 0.717) is 24.0 Å². The third-order valence-electron chi connectivity index (χ3n) is 3.92. The van der Waals surface area contributed by atoms with Gasteiger partial charge in [-0.15, -0.1) is 0 Å². The fourth-order valence-electron chi connectivity index (χ4n) is 2.58. The molecule has 1 aromatic heterocycles. The maximum absolute atomic E-state index is 13.0. The molecule has 0 N–H and O–H groups in total. The van der Waals surface area contributed by atoms with Crippen LogP contribution < -0.4 is 4.90 Å². The van der Waals surface area contributed by atoms with Gasteiger partial charge in [0.05, 0.1) is 5.75 Å². The highest BCUT2D eigenvalue weighted by molar-refractivity contribution is 7.99. The number of anilines is 1. The second-order valence-corrected chi connectivity index (χ2v) is 6.56. The summed E-state index contributed by atoms with van der Waals surface area (Å²) in [6, 6.07) is 8.31. The van der Waals surface area contributed by atoms with E-state index in [4.69, 9.17) is 0 Å². The van der Waals surface area contributed by atoms with Crippen molar-refractivity contribution in [3.05, 3.63) is 48.0 Å². The highest BCUT2D eigenvalue weighted by Crippen LogP contribution is 2.18. The molecule has 1 amide bonds. The van der Waals surface area contributed by atoms with Crippen molar-refractivity contribution in [1.29, 1.82) is 0 Å². The van der Waals surface area contributed by atoms with Crippen LogP contribution in [0.25, 0.3) is 0 Å². The highest BCUT2D eigenvalue weighted by atomic mass is 32.2. The molecule has 0 spiro atoms. The second kappa shape index (κ2) is 7.61. The van der Waals surface area contributed by atoms with Crippen LogP contribution in [0.2, 0.25) is 0 Å². The molecule has 0 bridgehead atoms. The van der Waals surface area contributed by atoms with Crippen LogP contribution in [0.3, 0.4) is 0 Å². The van der Waals surface area contributed by atoms with Crippen LogP contribution in [0, 0.1) is 12.7 Å². The number of carbonyl (C=O) groups excluding carboxylic acids is 1. The van der Waals surface area contributed by atoms with Gasteiger partial charge in [-0.25, -0.2) is 14.4 Å². The van der Waals surface area contributed by atoms with E-state index >= 15 is 0 Å². The zero-order valence-corrected chi connectivity index (χ0v) is 14.3. The van der Waals surface area contributed by atoms with E-state index in [2.05, 4.69) is 14.9 Å². The Morgan fingerprint density at radius 3 is 2.54 bits per heavy atom. The number of benzene rings is 1. The van der Waals surface area contributed by atoms with Crippen molar-refractivity contribution in [3.63, 3.8) is 0 Å². The molecule has 2 aromatic rings. The maximum atomic E-state index is 13.0. The molecule has 3 rings (SSSR count). The summed E-state index contributed by atoms with van der Waals surface area (Å²) in [7, 11) is 0. The van der Waals surface area contributed by atoms with Crippen LogP contribution >= 0.6 is 11.8 Å². The van der Waals surface area contributed by atoms with Gasteiger partial charge in [-0.3, -0.25) is 4.79 Å². The zero-order valence-electron chi connectivity index (χ0n) is 13.5. The van der Waals surface area contributed by atoms with E-state index in [1.807, 2.05) is 17.9 Å². The van der Waals surface area contributed by atoms with E-state index in [1.54, 1.807) is 18.3 Å². The van der Waals surface area contributed by atoms with E-state index in [-0.39, 0.29) is 11.7 Å². The Kier molecular flexibility index (Phi) is 5.30. The predicted molar refractivity (Wildman–Crippen MR) is 92.7 cm³/mol. The minimum Gasteiger partial charge on any atom is -0.368 e. The Hall–Kier alpha value is -2.15. The summed E-state index contributed by atoms with van der Waals surface area (Å²) in [5, 5.41) is 0.633. The quantitative estimate of drug-likeness (QED) is 0.628. The van der Waals surface area contributed by atoms with Crippen LogP contribution in [0.15, 0.2) is 41.7 Å². The lowest BCUT2D eigenvalue weighted by Crippen LogP contribution is -2.49. The number of halogens is 1. The lowest BCUT2D eigenvalue weighted by Gasteiger charge is -2.36. The first-order chi connectivity index (χ1) is 11.6.